The number of fused-ring (bicyclic) bond motifs is 4. The Morgan fingerprint density at radius 3 is 0.880 bits per heavy atom. The Labute approximate surface area is 290 Å². The Bertz CT molecular complexity index is 2410. The number of nitrogens with two attached hydrogens (primary N) is 1. The molecule has 50 heavy (non-hydrogen) atoms. The highest BCUT2D eigenvalue weighted by molar-refractivity contribution is 6.39. The van der Waals surface area contributed by atoms with Crippen LogP contribution in [0.4, 0.5) is 5.69 Å². The van der Waals surface area contributed by atoms with Gasteiger partial charge in [0.1, 0.15) is 0 Å². The van der Waals surface area contributed by atoms with E-state index in [-0.39, 0.29) is 0 Å². The number of aliphatic imine (C=N–C) groups is 4. The quantitative estimate of drug-likeness (QED) is 0.168. The number of hydrogen-bond donors (Lipinski definition) is 2. The van der Waals surface area contributed by atoms with Crippen LogP contribution in [0.5, 0.6) is 0 Å². The van der Waals surface area contributed by atoms with Gasteiger partial charge in [-0.15, -0.1) is 0 Å². The molecule has 8 bridgehead atoms. The standard InChI is InChI=1S/C44H30N6/c45-50-32-18-16-31(17-19-32)44-39-26-24-37(48-39)42(29-12-6-2-7-13-29)35-22-20-33(46-35)41(28-10-4-1-5-11-28)34-21-23-36(47-34)43(30-14-8-3-9-15-30)38-25-27-40(44)49-38/h1-27,50H,45H2. The number of hydrogen-bond acceptors (Lipinski definition) is 6. The van der Waals surface area contributed by atoms with Crippen molar-refractivity contribution in [3.05, 3.63) is 209 Å². The third-order valence-corrected chi connectivity index (χ3v) is 9.14. The first-order chi connectivity index (χ1) is 24.7. The highest BCUT2D eigenvalue weighted by Gasteiger charge is 2.27. The van der Waals surface area contributed by atoms with E-state index in [1.54, 1.807) is 0 Å². The minimum atomic E-state index is 0.817. The monoisotopic (exact) mass is 642 g/mol. The summed E-state index contributed by atoms with van der Waals surface area (Å²) in [6.07, 6.45) is 16.7. The van der Waals surface area contributed by atoms with Crippen LogP contribution in [-0.4, -0.2) is 22.8 Å². The summed E-state index contributed by atoms with van der Waals surface area (Å²) in [7, 11) is 0. The average molecular weight is 643 g/mol. The summed E-state index contributed by atoms with van der Waals surface area (Å²) in [5.41, 5.74) is 18.1. The molecule has 0 aromatic heterocycles. The van der Waals surface area contributed by atoms with Crippen molar-refractivity contribution in [2.45, 2.75) is 0 Å². The molecule has 0 atom stereocenters. The van der Waals surface area contributed by atoms with Crippen LogP contribution >= 0.6 is 0 Å². The number of nitrogens with one attached hydrogen (secondary N) is 1. The molecular formula is C44H30N6. The van der Waals surface area contributed by atoms with Gasteiger partial charge in [0.25, 0.3) is 0 Å². The van der Waals surface area contributed by atoms with Crippen LogP contribution < -0.4 is 11.3 Å². The van der Waals surface area contributed by atoms with Crippen LogP contribution in [0.1, 0.15) is 22.3 Å². The lowest BCUT2D eigenvalue weighted by Gasteiger charge is -2.13. The fourth-order valence-corrected chi connectivity index (χ4v) is 6.82. The Morgan fingerprint density at radius 1 is 0.320 bits per heavy atom. The van der Waals surface area contributed by atoms with Gasteiger partial charge in [-0.3, -0.25) is 5.84 Å². The van der Waals surface area contributed by atoms with Gasteiger partial charge >= 0.3 is 0 Å². The number of rotatable bonds is 5. The van der Waals surface area contributed by atoms with Crippen molar-refractivity contribution >= 4 is 50.8 Å². The summed E-state index contributed by atoms with van der Waals surface area (Å²) < 4.78 is 0. The second-order valence-electron chi connectivity index (χ2n) is 12.2. The zero-order valence-electron chi connectivity index (χ0n) is 27.0. The third-order valence-electron chi connectivity index (χ3n) is 9.14. The number of benzene rings is 4. The maximum absolute atomic E-state index is 5.73. The van der Waals surface area contributed by atoms with E-state index in [9.17, 15) is 0 Å². The zero-order chi connectivity index (χ0) is 33.4. The van der Waals surface area contributed by atoms with Gasteiger partial charge in [-0.1, -0.05) is 103 Å². The van der Waals surface area contributed by atoms with Crippen molar-refractivity contribution in [2.24, 2.45) is 25.8 Å². The molecule has 6 heteroatoms. The van der Waals surface area contributed by atoms with E-state index >= 15 is 0 Å². The van der Waals surface area contributed by atoms with Gasteiger partial charge in [-0.05, 0) is 83.0 Å². The second-order valence-corrected chi connectivity index (χ2v) is 12.2. The van der Waals surface area contributed by atoms with Crippen molar-refractivity contribution in [1.29, 1.82) is 0 Å². The van der Waals surface area contributed by atoms with E-state index in [0.717, 1.165) is 95.9 Å². The number of hydrazine groups is 1. The summed E-state index contributed by atoms with van der Waals surface area (Å²) in [6.45, 7) is 0. The number of anilines is 1. The normalized spacial score (nSPS) is 17.5. The first-order valence-corrected chi connectivity index (χ1v) is 16.5. The van der Waals surface area contributed by atoms with Crippen LogP contribution in [0.3, 0.4) is 0 Å². The molecule has 0 amide bonds. The third kappa shape index (κ3) is 5.21. The number of allylic oxidation sites excluding steroid dienone is 12. The largest absolute Gasteiger partial charge is 0.324 e. The molecule has 0 saturated carbocycles. The molecule has 6 nitrogen and oxygen atoms in total. The molecule has 4 aromatic carbocycles. The van der Waals surface area contributed by atoms with E-state index in [0.29, 0.717) is 0 Å². The minimum Gasteiger partial charge on any atom is -0.324 e. The molecule has 4 aromatic rings. The van der Waals surface area contributed by atoms with E-state index in [4.69, 9.17) is 25.8 Å². The molecular weight excluding hydrogens is 613 g/mol. The molecule has 5 aliphatic rings. The Kier molecular flexibility index (Phi) is 7.26. The molecule has 0 unspecified atom stereocenters. The summed E-state index contributed by atoms with van der Waals surface area (Å²) >= 11 is 0. The second kappa shape index (κ2) is 12.4. The predicted molar refractivity (Wildman–Crippen MR) is 208 cm³/mol. The lowest BCUT2D eigenvalue weighted by atomic mass is 9.98. The predicted octanol–water partition coefficient (Wildman–Crippen LogP) is 8.97. The van der Waals surface area contributed by atoms with E-state index in [1.807, 2.05) is 66.7 Å². The minimum absolute atomic E-state index is 0.817. The SMILES string of the molecule is NNc1ccc(C2=C3C=CC(=N3)C(c3ccccc3)=C3C=CC(=N3)C(c3ccccc3)=C3C=CC(=N3)C(c3ccccc3)=C3C=CC2=N3)cc1. The summed E-state index contributed by atoms with van der Waals surface area (Å²) in [4.78, 5) is 21.2. The van der Waals surface area contributed by atoms with Gasteiger partial charge in [0.05, 0.1) is 45.6 Å². The first kappa shape index (κ1) is 29.4. The molecule has 0 saturated heterocycles. The molecule has 0 radical (unpaired) electrons. The lowest BCUT2D eigenvalue weighted by Crippen LogP contribution is -2.07. The van der Waals surface area contributed by atoms with E-state index < -0.39 is 0 Å². The van der Waals surface area contributed by atoms with Crippen molar-refractivity contribution < 1.29 is 0 Å². The highest BCUT2D eigenvalue weighted by atomic mass is 15.2. The van der Waals surface area contributed by atoms with Crippen LogP contribution in [0.15, 0.2) is 207 Å². The van der Waals surface area contributed by atoms with E-state index in [2.05, 4.69) is 103 Å². The van der Waals surface area contributed by atoms with Gasteiger partial charge in [0.15, 0.2) is 0 Å². The first-order valence-electron chi connectivity index (χ1n) is 16.5. The molecule has 0 aliphatic carbocycles. The van der Waals surface area contributed by atoms with Crippen molar-refractivity contribution in [3.8, 4) is 0 Å². The van der Waals surface area contributed by atoms with Gasteiger partial charge in [0, 0.05) is 28.0 Å². The zero-order valence-corrected chi connectivity index (χ0v) is 27.0. The maximum atomic E-state index is 5.73. The van der Waals surface area contributed by atoms with Crippen LogP contribution in [-0.2, 0) is 0 Å². The Morgan fingerprint density at radius 2 is 0.600 bits per heavy atom. The number of nitrogen functional groups attached to an aromatic ring is 1. The molecule has 236 valence electrons. The fraction of sp³-hybridized carbons (Fsp3) is 0. The molecule has 0 fully saturated rings. The molecule has 9 rings (SSSR count). The molecule has 5 aliphatic heterocycles. The van der Waals surface area contributed by atoms with Gasteiger partial charge in [-0.25, -0.2) is 20.0 Å². The molecule has 3 N–H and O–H groups in total. The number of nitrogens with zero attached hydrogens (tertiary/aromatic N) is 4. The lowest BCUT2D eigenvalue weighted by molar-refractivity contribution is 1.35. The Balaban J connectivity index is 1.36. The van der Waals surface area contributed by atoms with Crippen LogP contribution in [0.25, 0.3) is 22.3 Å². The van der Waals surface area contributed by atoms with Crippen molar-refractivity contribution in [1.82, 2.24) is 0 Å². The van der Waals surface area contributed by atoms with Crippen LogP contribution in [0, 0.1) is 0 Å². The molecule has 5 heterocycles. The molecule has 0 spiro atoms. The van der Waals surface area contributed by atoms with Crippen molar-refractivity contribution in [2.75, 3.05) is 5.43 Å². The van der Waals surface area contributed by atoms with Gasteiger partial charge in [0.2, 0.25) is 0 Å². The summed E-state index contributed by atoms with van der Waals surface area (Å²) in [5, 5.41) is 0. The van der Waals surface area contributed by atoms with Gasteiger partial charge in [-0.2, -0.15) is 0 Å². The van der Waals surface area contributed by atoms with Crippen LogP contribution in [0.2, 0.25) is 0 Å². The van der Waals surface area contributed by atoms with Gasteiger partial charge < -0.3 is 5.43 Å². The van der Waals surface area contributed by atoms with Crippen molar-refractivity contribution in [3.63, 3.8) is 0 Å². The average Bonchev–Trinajstić information content (AvgIpc) is 4.01. The summed E-state index contributed by atoms with van der Waals surface area (Å²) in [5.74, 6) is 5.73. The highest BCUT2D eigenvalue weighted by Crippen LogP contribution is 2.38. The summed E-state index contributed by atoms with van der Waals surface area (Å²) in [6, 6.07) is 39.1. The fourth-order valence-electron chi connectivity index (χ4n) is 6.82. The smallest absolute Gasteiger partial charge is 0.0738 e. The topological polar surface area (TPSA) is 87.5 Å². The Hall–Kier alpha value is -6.76. The van der Waals surface area contributed by atoms with E-state index in [1.165, 1.54) is 0 Å². The maximum Gasteiger partial charge on any atom is 0.0738 e.